The van der Waals surface area contributed by atoms with Crippen molar-refractivity contribution >= 4 is 10.2 Å². The first-order valence-electron chi connectivity index (χ1n) is 8.05. The van der Waals surface area contributed by atoms with Gasteiger partial charge >= 0.3 is 0 Å². The average Bonchev–Trinajstić information content (AvgIpc) is 2.68. The molecule has 0 aromatic carbocycles. The standard InChI is InChI=1S/C14H32N4O2S/c1-14(2)16(3)21(19,20)18-11-7-10-17(12-13-18)9-6-4-5-8-15/h14H,4-13,15H2,1-3H3. The highest BCUT2D eigenvalue weighted by Gasteiger charge is 2.29. The molecule has 0 spiro atoms. The van der Waals surface area contributed by atoms with E-state index in [1.165, 1.54) is 4.31 Å². The van der Waals surface area contributed by atoms with Gasteiger partial charge in [0.1, 0.15) is 0 Å². The van der Waals surface area contributed by atoms with Crippen molar-refractivity contribution in [1.29, 1.82) is 0 Å². The molecule has 0 unspecified atom stereocenters. The van der Waals surface area contributed by atoms with E-state index in [0.717, 1.165) is 51.9 Å². The molecule has 1 saturated heterocycles. The maximum atomic E-state index is 12.5. The third-order valence-corrected chi connectivity index (χ3v) is 6.31. The number of hydrogen-bond acceptors (Lipinski definition) is 4. The molecule has 0 aliphatic carbocycles. The lowest BCUT2D eigenvalue weighted by atomic mass is 10.2. The lowest BCUT2D eigenvalue weighted by Gasteiger charge is -2.28. The molecule has 0 amide bonds. The summed E-state index contributed by atoms with van der Waals surface area (Å²) in [5.41, 5.74) is 5.50. The zero-order valence-corrected chi connectivity index (χ0v) is 14.6. The number of nitrogens with two attached hydrogens (primary N) is 1. The van der Waals surface area contributed by atoms with Gasteiger partial charge in [-0.05, 0) is 52.7 Å². The van der Waals surface area contributed by atoms with E-state index in [1.807, 2.05) is 13.8 Å². The molecular formula is C14H32N4O2S. The molecule has 0 atom stereocenters. The minimum Gasteiger partial charge on any atom is -0.330 e. The van der Waals surface area contributed by atoms with E-state index in [9.17, 15) is 8.42 Å². The summed E-state index contributed by atoms with van der Waals surface area (Å²) in [6, 6.07) is -0.00869. The molecule has 1 rings (SSSR count). The van der Waals surface area contributed by atoms with Gasteiger partial charge in [-0.15, -0.1) is 0 Å². The summed E-state index contributed by atoms with van der Waals surface area (Å²) in [6.07, 6.45) is 4.29. The van der Waals surface area contributed by atoms with Crippen LogP contribution in [0.2, 0.25) is 0 Å². The summed E-state index contributed by atoms with van der Waals surface area (Å²) in [5, 5.41) is 0. The van der Waals surface area contributed by atoms with Gasteiger partial charge in [-0.25, -0.2) is 0 Å². The molecule has 1 heterocycles. The normalized spacial score (nSPS) is 19.3. The van der Waals surface area contributed by atoms with E-state index in [4.69, 9.17) is 5.73 Å². The predicted octanol–water partition coefficient (Wildman–Crippen LogP) is 0.708. The number of nitrogens with zero attached hydrogens (tertiary/aromatic N) is 3. The minimum absolute atomic E-state index is 0.00869. The van der Waals surface area contributed by atoms with Gasteiger partial charge in [-0.2, -0.15) is 17.0 Å². The Balaban J connectivity index is 2.48. The van der Waals surface area contributed by atoms with Crippen molar-refractivity contribution in [2.24, 2.45) is 5.73 Å². The molecule has 0 aromatic heterocycles. The monoisotopic (exact) mass is 320 g/mol. The van der Waals surface area contributed by atoms with Crippen LogP contribution in [0, 0.1) is 0 Å². The molecule has 1 aliphatic heterocycles. The number of rotatable bonds is 8. The zero-order valence-electron chi connectivity index (χ0n) is 13.8. The van der Waals surface area contributed by atoms with E-state index in [2.05, 4.69) is 4.90 Å². The van der Waals surface area contributed by atoms with E-state index < -0.39 is 10.2 Å². The Bertz CT molecular complexity index is 386. The van der Waals surface area contributed by atoms with Gasteiger partial charge in [0.15, 0.2) is 0 Å². The molecule has 7 heteroatoms. The summed E-state index contributed by atoms with van der Waals surface area (Å²) in [4.78, 5) is 2.38. The molecule has 6 nitrogen and oxygen atoms in total. The smallest absolute Gasteiger partial charge is 0.282 e. The van der Waals surface area contributed by atoms with Crippen LogP contribution in [-0.2, 0) is 10.2 Å². The molecular weight excluding hydrogens is 288 g/mol. The van der Waals surface area contributed by atoms with Crippen LogP contribution < -0.4 is 5.73 Å². The first-order valence-corrected chi connectivity index (χ1v) is 9.44. The van der Waals surface area contributed by atoms with Gasteiger partial charge < -0.3 is 10.6 Å². The number of unbranched alkanes of at least 4 members (excludes halogenated alkanes) is 2. The molecule has 2 N–H and O–H groups in total. The van der Waals surface area contributed by atoms with Crippen LogP contribution in [0.4, 0.5) is 0 Å². The molecule has 1 fully saturated rings. The highest BCUT2D eigenvalue weighted by Crippen LogP contribution is 2.14. The van der Waals surface area contributed by atoms with Gasteiger partial charge in [0.25, 0.3) is 10.2 Å². The fourth-order valence-corrected chi connectivity index (χ4v) is 4.08. The Labute approximate surface area is 130 Å². The van der Waals surface area contributed by atoms with Crippen molar-refractivity contribution in [3.63, 3.8) is 0 Å². The molecule has 0 saturated carbocycles. The average molecular weight is 321 g/mol. The minimum atomic E-state index is -3.31. The van der Waals surface area contributed by atoms with E-state index in [1.54, 1.807) is 11.4 Å². The van der Waals surface area contributed by atoms with Crippen LogP contribution in [0.25, 0.3) is 0 Å². The lowest BCUT2D eigenvalue weighted by Crippen LogP contribution is -2.46. The Morgan fingerprint density at radius 1 is 1.10 bits per heavy atom. The second-order valence-electron chi connectivity index (χ2n) is 6.06. The maximum absolute atomic E-state index is 12.5. The van der Waals surface area contributed by atoms with Gasteiger partial charge in [0, 0.05) is 32.7 Å². The molecule has 0 bridgehead atoms. The van der Waals surface area contributed by atoms with Crippen LogP contribution in [0.15, 0.2) is 0 Å². The van der Waals surface area contributed by atoms with Crippen LogP contribution in [0.5, 0.6) is 0 Å². The van der Waals surface area contributed by atoms with Crippen LogP contribution in [-0.4, -0.2) is 74.3 Å². The van der Waals surface area contributed by atoms with Crippen molar-refractivity contribution < 1.29 is 8.42 Å². The summed E-state index contributed by atoms with van der Waals surface area (Å²) >= 11 is 0. The Morgan fingerprint density at radius 3 is 2.43 bits per heavy atom. The Hall–Kier alpha value is -0.210. The van der Waals surface area contributed by atoms with Gasteiger partial charge in [-0.1, -0.05) is 6.42 Å². The van der Waals surface area contributed by atoms with E-state index >= 15 is 0 Å². The highest BCUT2D eigenvalue weighted by molar-refractivity contribution is 7.86. The zero-order chi connectivity index (χ0) is 15.9. The Morgan fingerprint density at radius 2 is 1.81 bits per heavy atom. The van der Waals surface area contributed by atoms with Gasteiger partial charge in [0.2, 0.25) is 0 Å². The molecule has 0 aromatic rings. The lowest BCUT2D eigenvalue weighted by molar-refractivity contribution is 0.276. The fourth-order valence-electron chi connectivity index (χ4n) is 2.51. The molecule has 0 radical (unpaired) electrons. The SMILES string of the molecule is CC(C)N(C)S(=O)(=O)N1CCCN(CCCCCN)CC1. The van der Waals surface area contributed by atoms with E-state index in [0.29, 0.717) is 13.1 Å². The van der Waals surface area contributed by atoms with Gasteiger partial charge in [0.05, 0.1) is 0 Å². The summed E-state index contributed by atoms with van der Waals surface area (Å²) in [6.45, 7) is 8.64. The van der Waals surface area contributed by atoms with Crippen molar-refractivity contribution in [1.82, 2.24) is 13.5 Å². The van der Waals surface area contributed by atoms with E-state index in [-0.39, 0.29) is 6.04 Å². The van der Waals surface area contributed by atoms with Crippen molar-refractivity contribution in [2.75, 3.05) is 46.3 Å². The second-order valence-corrected chi connectivity index (χ2v) is 8.05. The summed E-state index contributed by atoms with van der Waals surface area (Å²) < 4.78 is 28.1. The van der Waals surface area contributed by atoms with Crippen LogP contribution >= 0.6 is 0 Å². The fraction of sp³-hybridized carbons (Fsp3) is 1.00. The number of hydrogen-bond donors (Lipinski definition) is 1. The molecule has 126 valence electrons. The quantitative estimate of drug-likeness (QED) is 0.669. The maximum Gasteiger partial charge on any atom is 0.282 e. The van der Waals surface area contributed by atoms with Crippen molar-refractivity contribution in [3.05, 3.63) is 0 Å². The molecule has 21 heavy (non-hydrogen) atoms. The van der Waals surface area contributed by atoms with Gasteiger partial charge in [-0.3, -0.25) is 0 Å². The molecule has 1 aliphatic rings. The van der Waals surface area contributed by atoms with Crippen molar-refractivity contribution in [2.45, 2.75) is 45.6 Å². The third-order valence-electron chi connectivity index (χ3n) is 4.14. The first-order chi connectivity index (χ1) is 9.89. The Kier molecular flexibility index (Phi) is 8.12. The predicted molar refractivity (Wildman–Crippen MR) is 87.4 cm³/mol. The highest BCUT2D eigenvalue weighted by atomic mass is 32.2. The summed E-state index contributed by atoms with van der Waals surface area (Å²) in [7, 11) is -1.65. The van der Waals surface area contributed by atoms with Crippen LogP contribution in [0.3, 0.4) is 0 Å². The first kappa shape index (κ1) is 18.8. The van der Waals surface area contributed by atoms with Crippen molar-refractivity contribution in [3.8, 4) is 0 Å². The largest absolute Gasteiger partial charge is 0.330 e. The van der Waals surface area contributed by atoms with Crippen LogP contribution in [0.1, 0.15) is 39.5 Å². The topological polar surface area (TPSA) is 69.9 Å². The summed E-state index contributed by atoms with van der Waals surface area (Å²) in [5.74, 6) is 0. The second kappa shape index (κ2) is 9.05. The third kappa shape index (κ3) is 5.83.